The van der Waals surface area contributed by atoms with Crippen LogP contribution < -0.4 is 5.32 Å². The molecule has 3 nitrogen and oxygen atoms in total. The molecule has 0 amide bonds. The second-order valence-corrected chi connectivity index (χ2v) is 7.67. The van der Waals surface area contributed by atoms with E-state index >= 15 is 0 Å². The smallest absolute Gasteiger partial charge is 0.175 e. The van der Waals surface area contributed by atoms with Gasteiger partial charge in [-0.3, -0.25) is 0 Å². The van der Waals surface area contributed by atoms with E-state index in [4.69, 9.17) is 0 Å². The second-order valence-electron chi connectivity index (χ2n) is 5.65. The quantitative estimate of drug-likeness (QED) is 0.921. The molecule has 0 aliphatic heterocycles. The summed E-state index contributed by atoms with van der Waals surface area (Å²) in [5.41, 5.74) is 1.01. The third-order valence-electron chi connectivity index (χ3n) is 4.39. The van der Waals surface area contributed by atoms with Gasteiger partial charge in [-0.2, -0.15) is 0 Å². The summed E-state index contributed by atoms with van der Waals surface area (Å²) in [6.07, 6.45) is 4.97. The predicted molar refractivity (Wildman–Crippen MR) is 79.1 cm³/mol. The van der Waals surface area contributed by atoms with Crippen LogP contribution in [0.25, 0.3) is 0 Å². The fraction of sp³-hybridized carbons (Fsp3) is 0.600. The van der Waals surface area contributed by atoms with Crippen LogP contribution in [0.4, 0.5) is 5.69 Å². The van der Waals surface area contributed by atoms with E-state index in [9.17, 15) is 8.42 Å². The Kier molecular flexibility index (Phi) is 4.19. The molecule has 1 aliphatic rings. The van der Waals surface area contributed by atoms with Crippen LogP contribution in [0.1, 0.15) is 33.1 Å². The van der Waals surface area contributed by atoms with Gasteiger partial charge in [0.15, 0.2) is 9.84 Å². The Morgan fingerprint density at radius 3 is 2.32 bits per heavy atom. The molecule has 1 aromatic rings. The third-order valence-corrected chi connectivity index (χ3v) is 5.51. The molecule has 19 heavy (non-hydrogen) atoms. The first-order valence-electron chi connectivity index (χ1n) is 6.98. The lowest BCUT2D eigenvalue weighted by atomic mass is 9.93. The Bertz CT molecular complexity index is 522. The summed E-state index contributed by atoms with van der Waals surface area (Å²) in [4.78, 5) is 0.379. The summed E-state index contributed by atoms with van der Waals surface area (Å²) in [7, 11) is -3.10. The molecule has 0 spiro atoms. The molecule has 1 N–H and O–H groups in total. The van der Waals surface area contributed by atoms with Crippen molar-refractivity contribution in [1.29, 1.82) is 0 Å². The Morgan fingerprint density at radius 1 is 1.21 bits per heavy atom. The lowest BCUT2D eigenvalue weighted by Gasteiger charge is -2.22. The lowest BCUT2D eigenvalue weighted by Crippen LogP contribution is -2.24. The maximum atomic E-state index is 11.4. The Balaban J connectivity index is 2.05. The maximum Gasteiger partial charge on any atom is 0.175 e. The van der Waals surface area contributed by atoms with Gasteiger partial charge in [0.2, 0.25) is 0 Å². The Labute approximate surface area is 116 Å². The number of nitrogens with one attached hydrogen (secondary N) is 1. The zero-order chi connectivity index (χ0) is 14.0. The van der Waals surface area contributed by atoms with E-state index in [-0.39, 0.29) is 0 Å². The van der Waals surface area contributed by atoms with Crippen molar-refractivity contribution in [2.75, 3.05) is 11.6 Å². The molecule has 1 saturated carbocycles. The molecule has 1 aromatic carbocycles. The normalized spacial score (nSPS) is 27.4. The van der Waals surface area contributed by atoms with Crippen molar-refractivity contribution in [1.82, 2.24) is 0 Å². The fourth-order valence-corrected chi connectivity index (χ4v) is 3.67. The maximum absolute atomic E-state index is 11.4. The highest BCUT2D eigenvalue weighted by Crippen LogP contribution is 2.35. The Morgan fingerprint density at radius 2 is 1.84 bits per heavy atom. The van der Waals surface area contributed by atoms with Crippen LogP contribution in [-0.2, 0) is 9.84 Å². The summed E-state index contributed by atoms with van der Waals surface area (Å²) >= 11 is 0. The van der Waals surface area contributed by atoms with E-state index in [1.165, 1.54) is 25.5 Å². The average molecular weight is 281 g/mol. The summed E-state index contributed by atoms with van der Waals surface area (Å²) in [6, 6.07) is 7.59. The highest BCUT2D eigenvalue weighted by Gasteiger charge is 2.31. The van der Waals surface area contributed by atoms with E-state index in [2.05, 4.69) is 19.2 Å². The molecule has 3 atom stereocenters. The Hall–Kier alpha value is -1.03. The molecule has 2 rings (SSSR count). The SMILES string of the molecule is CCC1CCC(Nc2ccc(S(C)(=O)=O)cc2)C1C. The van der Waals surface area contributed by atoms with Gasteiger partial charge >= 0.3 is 0 Å². The van der Waals surface area contributed by atoms with Crippen LogP contribution in [0, 0.1) is 11.8 Å². The number of benzene rings is 1. The van der Waals surface area contributed by atoms with Crippen molar-refractivity contribution in [3.8, 4) is 0 Å². The van der Waals surface area contributed by atoms with Gasteiger partial charge in [-0.15, -0.1) is 0 Å². The van der Waals surface area contributed by atoms with Crippen molar-refractivity contribution in [2.24, 2.45) is 11.8 Å². The summed E-state index contributed by atoms with van der Waals surface area (Å²) in [5.74, 6) is 1.49. The van der Waals surface area contributed by atoms with E-state index in [1.54, 1.807) is 12.1 Å². The summed E-state index contributed by atoms with van der Waals surface area (Å²) < 4.78 is 22.8. The number of rotatable bonds is 4. The van der Waals surface area contributed by atoms with Crippen LogP contribution in [0.2, 0.25) is 0 Å². The van der Waals surface area contributed by atoms with E-state index in [0.717, 1.165) is 11.6 Å². The molecule has 3 unspecified atom stereocenters. The second kappa shape index (κ2) is 5.53. The van der Waals surface area contributed by atoms with Gasteiger partial charge in [0.05, 0.1) is 4.90 Å². The zero-order valence-electron chi connectivity index (χ0n) is 11.9. The third kappa shape index (κ3) is 3.30. The molecule has 4 heteroatoms. The van der Waals surface area contributed by atoms with Crippen molar-refractivity contribution in [3.63, 3.8) is 0 Å². The first kappa shape index (κ1) is 14.4. The molecule has 0 radical (unpaired) electrons. The molecule has 1 aliphatic carbocycles. The van der Waals surface area contributed by atoms with Gasteiger partial charge in [0.1, 0.15) is 0 Å². The van der Waals surface area contributed by atoms with Crippen molar-refractivity contribution < 1.29 is 8.42 Å². The van der Waals surface area contributed by atoms with Crippen molar-refractivity contribution in [2.45, 2.75) is 44.0 Å². The van der Waals surface area contributed by atoms with Gasteiger partial charge < -0.3 is 5.32 Å². The molecular formula is C15H23NO2S. The minimum atomic E-state index is -3.10. The fourth-order valence-electron chi connectivity index (χ4n) is 3.04. The highest BCUT2D eigenvalue weighted by atomic mass is 32.2. The standard InChI is InChI=1S/C15H23NO2S/c1-4-12-5-10-15(11(12)2)16-13-6-8-14(9-7-13)19(3,17)18/h6-9,11-12,15-16H,4-5,10H2,1-3H3. The highest BCUT2D eigenvalue weighted by molar-refractivity contribution is 7.90. The van der Waals surface area contributed by atoms with Crippen molar-refractivity contribution in [3.05, 3.63) is 24.3 Å². The largest absolute Gasteiger partial charge is 0.382 e. The molecular weight excluding hydrogens is 258 g/mol. The summed E-state index contributed by atoms with van der Waals surface area (Å²) in [5, 5.41) is 3.54. The topological polar surface area (TPSA) is 46.2 Å². The minimum Gasteiger partial charge on any atom is -0.382 e. The number of hydrogen-bond acceptors (Lipinski definition) is 3. The monoisotopic (exact) mass is 281 g/mol. The van der Waals surface area contributed by atoms with Crippen LogP contribution in [0.15, 0.2) is 29.2 Å². The van der Waals surface area contributed by atoms with Gasteiger partial charge in [-0.1, -0.05) is 20.3 Å². The summed E-state index contributed by atoms with van der Waals surface area (Å²) in [6.45, 7) is 4.56. The zero-order valence-corrected chi connectivity index (χ0v) is 12.7. The predicted octanol–water partition coefficient (Wildman–Crippen LogP) is 3.33. The first-order valence-corrected chi connectivity index (χ1v) is 8.87. The molecule has 0 bridgehead atoms. The molecule has 106 valence electrons. The van der Waals surface area contributed by atoms with Crippen LogP contribution in [-0.4, -0.2) is 20.7 Å². The first-order chi connectivity index (χ1) is 8.91. The van der Waals surface area contributed by atoms with E-state index < -0.39 is 9.84 Å². The average Bonchev–Trinajstić information content (AvgIpc) is 2.70. The van der Waals surface area contributed by atoms with Gasteiger partial charge in [-0.05, 0) is 48.9 Å². The molecule has 0 saturated heterocycles. The van der Waals surface area contributed by atoms with Crippen molar-refractivity contribution >= 4 is 15.5 Å². The van der Waals surface area contributed by atoms with Crippen LogP contribution >= 0.6 is 0 Å². The van der Waals surface area contributed by atoms with Gasteiger partial charge in [0, 0.05) is 18.0 Å². The minimum absolute atomic E-state index is 0.379. The van der Waals surface area contributed by atoms with E-state index in [1.807, 2.05) is 12.1 Å². The van der Waals surface area contributed by atoms with Crippen LogP contribution in [0.3, 0.4) is 0 Å². The van der Waals surface area contributed by atoms with E-state index in [0.29, 0.717) is 16.9 Å². The number of hydrogen-bond donors (Lipinski definition) is 1. The lowest BCUT2D eigenvalue weighted by molar-refractivity contribution is 0.392. The number of sulfone groups is 1. The number of anilines is 1. The molecule has 1 fully saturated rings. The van der Waals surface area contributed by atoms with Gasteiger partial charge in [-0.25, -0.2) is 8.42 Å². The van der Waals surface area contributed by atoms with Crippen LogP contribution in [0.5, 0.6) is 0 Å². The molecule has 0 aromatic heterocycles. The van der Waals surface area contributed by atoms with Gasteiger partial charge in [0.25, 0.3) is 0 Å². The molecule has 0 heterocycles.